The summed E-state index contributed by atoms with van der Waals surface area (Å²) in [5.41, 5.74) is 7.33. The van der Waals surface area contributed by atoms with Crippen molar-refractivity contribution >= 4 is 11.3 Å². The zero-order valence-electron chi connectivity index (χ0n) is 9.93. The molecule has 2 N–H and O–H groups in total. The SMILES string of the molecule is CCOc1cccc(C(N)Cc2cccs2)c1. The normalized spacial score (nSPS) is 12.4. The van der Waals surface area contributed by atoms with Gasteiger partial charge in [0.1, 0.15) is 5.75 Å². The maximum atomic E-state index is 6.20. The Labute approximate surface area is 106 Å². The molecule has 17 heavy (non-hydrogen) atoms. The van der Waals surface area contributed by atoms with Gasteiger partial charge in [-0.25, -0.2) is 0 Å². The summed E-state index contributed by atoms with van der Waals surface area (Å²) in [4.78, 5) is 1.32. The van der Waals surface area contributed by atoms with E-state index in [1.54, 1.807) is 11.3 Å². The molecular formula is C14H17NOS. The Morgan fingerprint density at radius 2 is 2.18 bits per heavy atom. The van der Waals surface area contributed by atoms with Crippen molar-refractivity contribution in [3.05, 3.63) is 52.2 Å². The van der Waals surface area contributed by atoms with Gasteiger partial charge in [-0.2, -0.15) is 0 Å². The molecule has 3 heteroatoms. The van der Waals surface area contributed by atoms with E-state index in [9.17, 15) is 0 Å². The lowest BCUT2D eigenvalue weighted by molar-refractivity contribution is 0.339. The molecule has 1 aromatic carbocycles. The van der Waals surface area contributed by atoms with Gasteiger partial charge in [-0.15, -0.1) is 11.3 Å². The van der Waals surface area contributed by atoms with Gasteiger partial charge in [-0.3, -0.25) is 0 Å². The Bertz CT molecular complexity index is 453. The minimum absolute atomic E-state index is 0.0362. The van der Waals surface area contributed by atoms with Gasteiger partial charge < -0.3 is 10.5 Å². The molecule has 0 amide bonds. The Morgan fingerprint density at radius 1 is 1.29 bits per heavy atom. The van der Waals surface area contributed by atoms with E-state index in [-0.39, 0.29) is 6.04 Å². The highest BCUT2D eigenvalue weighted by Crippen LogP contribution is 2.22. The van der Waals surface area contributed by atoms with Crippen LogP contribution in [0.2, 0.25) is 0 Å². The number of ether oxygens (including phenoxy) is 1. The molecule has 1 heterocycles. The van der Waals surface area contributed by atoms with E-state index in [0.717, 1.165) is 17.7 Å². The second kappa shape index (κ2) is 5.84. The first-order valence-corrected chi connectivity index (χ1v) is 6.68. The largest absolute Gasteiger partial charge is 0.494 e. The van der Waals surface area contributed by atoms with Crippen molar-refractivity contribution in [1.29, 1.82) is 0 Å². The molecule has 0 fully saturated rings. The average molecular weight is 247 g/mol. The van der Waals surface area contributed by atoms with Crippen molar-refractivity contribution in [2.75, 3.05) is 6.61 Å². The first-order valence-electron chi connectivity index (χ1n) is 5.80. The fourth-order valence-electron chi connectivity index (χ4n) is 1.76. The molecule has 0 aliphatic rings. The van der Waals surface area contributed by atoms with Crippen LogP contribution in [0.25, 0.3) is 0 Å². The van der Waals surface area contributed by atoms with Crippen molar-refractivity contribution in [3.63, 3.8) is 0 Å². The van der Waals surface area contributed by atoms with Gasteiger partial charge in [-0.1, -0.05) is 18.2 Å². The number of nitrogens with two attached hydrogens (primary N) is 1. The molecule has 0 radical (unpaired) electrons. The minimum Gasteiger partial charge on any atom is -0.494 e. The summed E-state index contributed by atoms with van der Waals surface area (Å²) in [6, 6.07) is 12.3. The van der Waals surface area contributed by atoms with Crippen molar-refractivity contribution in [2.45, 2.75) is 19.4 Å². The average Bonchev–Trinajstić information content (AvgIpc) is 2.83. The molecule has 2 rings (SSSR count). The Morgan fingerprint density at radius 3 is 2.88 bits per heavy atom. The van der Waals surface area contributed by atoms with E-state index in [1.807, 2.05) is 25.1 Å². The van der Waals surface area contributed by atoms with Crippen LogP contribution in [0.1, 0.15) is 23.4 Å². The van der Waals surface area contributed by atoms with Crippen LogP contribution in [-0.4, -0.2) is 6.61 Å². The molecule has 2 nitrogen and oxygen atoms in total. The molecule has 0 aliphatic heterocycles. The van der Waals surface area contributed by atoms with Gasteiger partial charge >= 0.3 is 0 Å². The van der Waals surface area contributed by atoms with Crippen LogP contribution in [0.15, 0.2) is 41.8 Å². The smallest absolute Gasteiger partial charge is 0.119 e. The molecule has 0 spiro atoms. The number of hydrogen-bond acceptors (Lipinski definition) is 3. The predicted octanol–water partition coefficient (Wildman–Crippen LogP) is 3.39. The van der Waals surface area contributed by atoms with E-state index in [0.29, 0.717) is 6.61 Å². The lowest BCUT2D eigenvalue weighted by atomic mass is 10.0. The minimum atomic E-state index is 0.0362. The van der Waals surface area contributed by atoms with Crippen molar-refractivity contribution in [3.8, 4) is 5.75 Å². The molecule has 1 unspecified atom stereocenters. The summed E-state index contributed by atoms with van der Waals surface area (Å²) in [5.74, 6) is 0.895. The third kappa shape index (κ3) is 3.32. The molecule has 0 saturated carbocycles. The quantitative estimate of drug-likeness (QED) is 0.879. The van der Waals surface area contributed by atoms with Crippen LogP contribution in [0.4, 0.5) is 0 Å². The lowest BCUT2D eigenvalue weighted by Gasteiger charge is -2.12. The van der Waals surface area contributed by atoms with E-state index < -0.39 is 0 Å². The van der Waals surface area contributed by atoms with Crippen molar-refractivity contribution in [2.24, 2.45) is 5.73 Å². The molecule has 0 bridgehead atoms. The molecule has 2 aromatic rings. The summed E-state index contributed by atoms with van der Waals surface area (Å²) in [6.45, 7) is 2.67. The zero-order chi connectivity index (χ0) is 12.1. The first-order chi connectivity index (χ1) is 8.29. The van der Waals surface area contributed by atoms with Crippen molar-refractivity contribution in [1.82, 2.24) is 0 Å². The molecule has 0 saturated heterocycles. The van der Waals surface area contributed by atoms with Gasteiger partial charge in [-0.05, 0) is 36.1 Å². The summed E-state index contributed by atoms with van der Waals surface area (Å²) in [5, 5.41) is 2.08. The van der Waals surface area contributed by atoms with Crippen molar-refractivity contribution < 1.29 is 4.74 Å². The summed E-state index contributed by atoms with van der Waals surface area (Å²) < 4.78 is 5.48. The predicted molar refractivity (Wildman–Crippen MR) is 72.6 cm³/mol. The molecular weight excluding hydrogens is 230 g/mol. The number of rotatable bonds is 5. The van der Waals surface area contributed by atoms with Gasteiger partial charge in [0.2, 0.25) is 0 Å². The number of thiophene rings is 1. The van der Waals surface area contributed by atoms with Gasteiger partial charge in [0, 0.05) is 17.3 Å². The number of benzene rings is 1. The third-order valence-electron chi connectivity index (χ3n) is 2.60. The van der Waals surface area contributed by atoms with Crippen LogP contribution < -0.4 is 10.5 Å². The topological polar surface area (TPSA) is 35.2 Å². The van der Waals surface area contributed by atoms with Gasteiger partial charge in [0.15, 0.2) is 0 Å². The van der Waals surface area contributed by atoms with Crippen LogP contribution >= 0.6 is 11.3 Å². The fourth-order valence-corrected chi connectivity index (χ4v) is 2.53. The van der Waals surface area contributed by atoms with Crippen LogP contribution in [-0.2, 0) is 6.42 Å². The highest BCUT2D eigenvalue weighted by atomic mass is 32.1. The van der Waals surface area contributed by atoms with Crippen LogP contribution in [0.3, 0.4) is 0 Å². The molecule has 1 atom stereocenters. The van der Waals surface area contributed by atoms with E-state index in [4.69, 9.17) is 10.5 Å². The Kier molecular flexibility index (Phi) is 4.18. The summed E-state index contributed by atoms with van der Waals surface area (Å²) >= 11 is 1.75. The lowest BCUT2D eigenvalue weighted by Crippen LogP contribution is -2.12. The zero-order valence-corrected chi connectivity index (χ0v) is 10.7. The van der Waals surface area contributed by atoms with Crippen LogP contribution in [0, 0.1) is 0 Å². The van der Waals surface area contributed by atoms with Gasteiger partial charge in [0.25, 0.3) is 0 Å². The highest BCUT2D eigenvalue weighted by molar-refractivity contribution is 7.09. The van der Waals surface area contributed by atoms with E-state index >= 15 is 0 Å². The highest BCUT2D eigenvalue weighted by Gasteiger charge is 2.08. The standard InChI is InChI=1S/C14H17NOS/c1-2-16-12-6-3-5-11(9-12)14(15)10-13-7-4-8-17-13/h3-9,14H,2,10,15H2,1H3. The fraction of sp³-hybridized carbons (Fsp3) is 0.286. The Hall–Kier alpha value is -1.32. The third-order valence-corrected chi connectivity index (χ3v) is 3.50. The van der Waals surface area contributed by atoms with Gasteiger partial charge in [0.05, 0.1) is 6.61 Å². The Balaban J connectivity index is 2.07. The number of hydrogen-bond donors (Lipinski definition) is 1. The molecule has 0 aliphatic carbocycles. The molecule has 1 aromatic heterocycles. The van der Waals surface area contributed by atoms with E-state index in [2.05, 4.69) is 23.6 Å². The summed E-state index contributed by atoms with van der Waals surface area (Å²) in [6.07, 6.45) is 0.882. The molecule has 90 valence electrons. The monoisotopic (exact) mass is 247 g/mol. The van der Waals surface area contributed by atoms with E-state index in [1.165, 1.54) is 4.88 Å². The van der Waals surface area contributed by atoms with Crippen LogP contribution in [0.5, 0.6) is 5.75 Å². The maximum Gasteiger partial charge on any atom is 0.119 e. The maximum absolute atomic E-state index is 6.20. The second-order valence-electron chi connectivity index (χ2n) is 3.90. The first kappa shape index (κ1) is 12.1. The summed E-state index contributed by atoms with van der Waals surface area (Å²) in [7, 11) is 0. The second-order valence-corrected chi connectivity index (χ2v) is 4.93.